The van der Waals surface area contributed by atoms with Gasteiger partial charge < -0.3 is 10.6 Å². The molecule has 5 heteroatoms. The molecule has 1 atom stereocenters. The number of nitriles is 1. The van der Waals surface area contributed by atoms with Crippen molar-refractivity contribution < 1.29 is 4.79 Å². The molecule has 1 amide bonds. The number of hydrogen-bond acceptors (Lipinski definition) is 4. The highest BCUT2D eigenvalue weighted by Crippen LogP contribution is 2.24. The number of nitrogens with zero attached hydrogens (tertiary/aromatic N) is 3. The minimum absolute atomic E-state index is 0.266. The van der Waals surface area contributed by atoms with E-state index < -0.39 is 0 Å². The molecule has 17 heavy (non-hydrogen) atoms. The average Bonchev–Trinajstić information content (AvgIpc) is 2.39. The molecule has 1 unspecified atom stereocenters. The summed E-state index contributed by atoms with van der Waals surface area (Å²) < 4.78 is 0. The lowest BCUT2D eigenvalue weighted by atomic mass is 10.0. The van der Waals surface area contributed by atoms with E-state index in [0.717, 1.165) is 31.5 Å². The zero-order valence-electron chi connectivity index (χ0n) is 9.47. The van der Waals surface area contributed by atoms with Gasteiger partial charge in [0, 0.05) is 18.4 Å². The summed E-state index contributed by atoms with van der Waals surface area (Å²) in [5, 5.41) is 8.81. The van der Waals surface area contributed by atoms with Crippen LogP contribution in [0.4, 0.5) is 5.69 Å². The summed E-state index contributed by atoms with van der Waals surface area (Å²) in [6.07, 6.45) is 4.41. The van der Waals surface area contributed by atoms with Crippen LogP contribution in [0.15, 0.2) is 18.3 Å². The van der Waals surface area contributed by atoms with Gasteiger partial charge in [-0.1, -0.05) is 0 Å². The lowest BCUT2D eigenvalue weighted by Gasteiger charge is -2.35. The van der Waals surface area contributed by atoms with Crippen molar-refractivity contribution in [2.75, 3.05) is 11.4 Å². The van der Waals surface area contributed by atoms with Crippen molar-refractivity contribution in [2.24, 2.45) is 5.73 Å². The van der Waals surface area contributed by atoms with Gasteiger partial charge in [-0.2, -0.15) is 5.26 Å². The zero-order valence-corrected chi connectivity index (χ0v) is 9.47. The maximum Gasteiger partial charge on any atom is 0.240 e. The van der Waals surface area contributed by atoms with E-state index in [9.17, 15) is 4.79 Å². The van der Waals surface area contributed by atoms with Gasteiger partial charge in [0.25, 0.3) is 0 Å². The van der Waals surface area contributed by atoms with E-state index in [0.29, 0.717) is 5.69 Å². The summed E-state index contributed by atoms with van der Waals surface area (Å²) in [6.45, 7) is 0.794. The van der Waals surface area contributed by atoms with Crippen LogP contribution in [-0.4, -0.2) is 23.5 Å². The van der Waals surface area contributed by atoms with E-state index in [2.05, 4.69) is 4.98 Å². The number of primary amides is 1. The Balaban J connectivity index is 2.29. The number of hydrogen-bond donors (Lipinski definition) is 1. The summed E-state index contributed by atoms with van der Waals surface area (Å²) in [4.78, 5) is 17.3. The summed E-state index contributed by atoms with van der Waals surface area (Å²) in [7, 11) is 0. The summed E-state index contributed by atoms with van der Waals surface area (Å²) in [5.41, 5.74) is 6.61. The molecule has 1 aromatic heterocycles. The van der Waals surface area contributed by atoms with E-state index >= 15 is 0 Å². The lowest BCUT2D eigenvalue weighted by molar-refractivity contribution is -0.119. The standard InChI is InChI=1S/C12H14N4O/c13-8-9-7-10(4-5-15-9)16-6-2-1-3-11(16)12(14)17/h4-5,7,11H,1-3,6H2,(H2,14,17). The Morgan fingerprint density at radius 2 is 2.41 bits per heavy atom. The number of nitrogens with two attached hydrogens (primary N) is 1. The van der Waals surface area contributed by atoms with Crippen molar-refractivity contribution in [3.63, 3.8) is 0 Å². The highest BCUT2D eigenvalue weighted by molar-refractivity contribution is 5.83. The van der Waals surface area contributed by atoms with Crippen LogP contribution >= 0.6 is 0 Å². The van der Waals surface area contributed by atoms with E-state index in [-0.39, 0.29) is 11.9 Å². The van der Waals surface area contributed by atoms with E-state index in [1.54, 1.807) is 12.3 Å². The number of aromatic nitrogens is 1. The normalized spacial score (nSPS) is 19.7. The first-order valence-electron chi connectivity index (χ1n) is 5.64. The van der Waals surface area contributed by atoms with Crippen molar-refractivity contribution in [1.82, 2.24) is 4.98 Å². The topological polar surface area (TPSA) is 83.0 Å². The van der Waals surface area contributed by atoms with Crippen molar-refractivity contribution in [3.05, 3.63) is 24.0 Å². The van der Waals surface area contributed by atoms with Crippen LogP contribution in [0.5, 0.6) is 0 Å². The number of carbonyl (C=O) groups excluding carboxylic acids is 1. The Kier molecular flexibility index (Phi) is 3.24. The zero-order chi connectivity index (χ0) is 12.3. The maximum absolute atomic E-state index is 11.4. The molecule has 1 fully saturated rings. The number of amides is 1. The summed E-state index contributed by atoms with van der Waals surface area (Å²) in [5.74, 6) is -0.306. The number of pyridine rings is 1. The largest absolute Gasteiger partial charge is 0.368 e. The fourth-order valence-corrected chi connectivity index (χ4v) is 2.20. The first kappa shape index (κ1) is 11.4. The van der Waals surface area contributed by atoms with Crippen LogP contribution in [0.2, 0.25) is 0 Å². The molecule has 1 aliphatic heterocycles. The lowest BCUT2D eigenvalue weighted by Crippen LogP contribution is -2.47. The number of piperidine rings is 1. The molecule has 2 N–H and O–H groups in total. The van der Waals surface area contributed by atoms with Crippen molar-refractivity contribution in [1.29, 1.82) is 5.26 Å². The second kappa shape index (κ2) is 4.83. The number of rotatable bonds is 2. The van der Waals surface area contributed by atoms with Crippen molar-refractivity contribution >= 4 is 11.6 Å². The van der Waals surface area contributed by atoms with E-state index in [1.807, 2.05) is 17.0 Å². The monoisotopic (exact) mass is 230 g/mol. The highest BCUT2D eigenvalue weighted by Gasteiger charge is 2.27. The second-order valence-electron chi connectivity index (χ2n) is 4.12. The maximum atomic E-state index is 11.4. The molecule has 0 aliphatic carbocycles. The predicted octanol–water partition coefficient (Wildman–Crippen LogP) is 0.797. The highest BCUT2D eigenvalue weighted by atomic mass is 16.1. The SMILES string of the molecule is N#Cc1cc(N2CCCCC2C(N)=O)ccn1. The molecule has 0 aromatic carbocycles. The third-order valence-corrected chi connectivity index (χ3v) is 3.02. The van der Waals surface area contributed by atoms with Crippen LogP contribution in [0.1, 0.15) is 25.0 Å². The molecular weight excluding hydrogens is 216 g/mol. The molecule has 88 valence electrons. The summed E-state index contributed by atoms with van der Waals surface area (Å²) >= 11 is 0. The molecule has 0 bridgehead atoms. The quantitative estimate of drug-likeness (QED) is 0.814. The molecule has 1 aliphatic rings. The molecule has 0 radical (unpaired) electrons. The van der Waals surface area contributed by atoms with Gasteiger partial charge in [0.15, 0.2) is 0 Å². The predicted molar refractivity (Wildman–Crippen MR) is 63.1 cm³/mol. The second-order valence-corrected chi connectivity index (χ2v) is 4.12. The minimum atomic E-state index is -0.306. The Hall–Kier alpha value is -2.09. The average molecular weight is 230 g/mol. The van der Waals surface area contributed by atoms with Crippen LogP contribution in [-0.2, 0) is 4.79 Å². The van der Waals surface area contributed by atoms with Crippen LogP contribution < -0.4 is 10.6 Å². The van der Waals surface area contributed by atoms with E-state index in [1.165, 1.54) is 0 Å². The third kappa shape index (κ3) is 2.36. The van der Waals surface area contributed by atoms with E-state index in [4.69, 9.17) is 11.0 Å². The first-order valence-corrected chi connectivity index (χ1v) is 5.64. The van der Waals surface area contributed by atoms with Gasteiger partial charge in [-0.15, -0.1) is 0 Å². The van der Waals surface area contributed by atoms with Gasteiger partial charge in [-0.25, -0.2) is 4.98 Å². The van der Waals surface area contributed by atoms with Gasteiger partial charge in [-0.05, 0) is 31.4 Å². The molecule has 5 nitrogen and oxygen atoms in total. The van der Waals surface area contributed by atoms with Crippen molar-refractivity contribution in [3.8, 4) is 6.07 Å². The smallest absolute Gasteiger partial charge is 0.240 e. The Morgan fingerprint density at radius 3 is 3.12 bits per heavy atom. The fraction of sp³-hybridized carbons (Fsp3) is 0.417. The minimum Gasteiger partial charge on any atom is -0.368 e. The van der Waals surface area contributed by atoms with Gasteiger partial charge in [-0.3, -0.25) is 4.79 Å². The van der Waals surface area contributed by atoms with Gasteiger partial charge in [0.2, 0.25) is 5.91 Å². The number of carbonyl (C=O) groups is 1. The number of anilines is 1. The first-order chi connectivity index (χ1) is 8.22. The Morgan fingerprint density at radius 1 is 1.59 bits per heavy atom. The molecule has 2 heterocycles. The molecule has 0 spiro atoms. The molecule has 1 saturated heterocycles. The van der Waals surface area contributed by atoms with Crippen LogP contribution in [0, 0.1) is 11.3 Å². The van der Waals surface area contributed by atoms with Gasteiger partial charge >= 0.3 is 0 Å². The fourth-order valence-electron chi connectivity index (χ4n) is 2.20. The molecule has 2 rings (SSSR count). The third-order valence-electron chi connectivity index (χ3n) is 3.02. The van der Waals surface area contributed by atoms with Crippen LogP contribution in [0.3, 0.4) is 0 Å². The van der Waals surface area contributed by atoms with Crippen LogP contribution in [0.25, 0.3) is 0 Å². The van der Waals surface area contributed by atoms with Gasteiger partial charge in [0.05, 0.1) is 0 Å². The Labute approximate surface area is 99.9 Å². The molecule has 1 aromatic rings. The summed E-state index contributed by atoms with van der Waals surface area (Å²) in [6, 6.07) is 5.23. The molecular formula is C12H14N4O. The van der Waals surface area contributed by atoms with Gasteiger partial charge in [0.1, 0.15) is 17.8 Å². The molecule has 0 saturated carbocycles. The Bertz CT molecular complexity index is 466. The van der Waals surface area contributed by atoms with Crippen molar-refractivity contribution in [2.45, 2.75) is 25.3 Å².